The summed E-state index contributed by atoms with van der Waals surface area (Å²) in [6, 6.07) is 10.9. The van der Waals surface area contributed by atoms with Crippen LogP contribution in [0.15, 0.2) is 34.8 Å². The van der Waals surface area contributed by atoms with Gasteiger partial charge in [-0.25, -0.2) is 0 Å². The minimum Gasteiger partial charge on any atom is -0.491 e. The van der Waals surface area contributed by atoms with E-state index in [4.69, 9.17) is 9.84 Å². The minimum atomic E-state index is -0.965. The molecule has 1 atom stereocenters. The SMILES string of the molecule is CC1(C)c2cc(OC[C@H](O)CO)ccc2C(=O)c2c1[nH]c1c(Br)c(C#N)ccc21. The Hall–Kier alpha value is -2.66. The number of aromatic nitrogens is 1. The number of ether oxygens (including phenoxy) is 1. The molecule has 0 fully saturated rings. The number of carbonyl (C=O) groups excluding carboxylic acids is 1. The number of hydrogen-bond donors (Lipinski definition) is 3. The van der Waals surface area contributed by atoms with Gasteiger partial charge in [0.1, 0.15) is 24.5 Å². The topological polar surface area (TPSA) is 106 Å². The number of nitrogens with one attached hydrogen (secondary N) is 1. The van der Waals surface area contributed by atoms with E-state index in [1.807, 2.05) is 19.9 Å². The first-order chi connectivity index (χ1) is 13.8. The van der Waals surface area contributed by atoms with Gasteiger partial charge in [-0.1, -0.05) is 19.9 Å². The van der Waals surface area contributed by atoms with E-state index in [1.54, 1.807) is 24.3 Å². The smallest absolute Gasteiger partial charge is 0.195 e. The molecule has 0 spiro atoms. The number of aliphatic hydroxyl groups is 2. The van der Waals surface area contributed by atoms with Gasteiger partial charge in [-0.2, -0.15) is 5.26 Å². The first-order valence-electron chi connectivity index (χ1n) is 9.15. The Morgan fingerprint density at radius 3 is 2.76 bits per heavy atom. The Balaban J connectivity index is 1.87. The largest absolute Gasteiger partial charge is 0.491 e. The third-order valence-corrected chi connectivity index (χ3v) is 6.27. The van der Waals surface area contributed by atoms with E-state index >= 15 is 0 Å². The number of aromatic amines is 1. The van der Waals surface area contributed by atoms with Gasteiger partial charge in [0.25, 0.3) is 0 Å². The van der Waals surface area contributed by atoms with Crippen molar-refractivity contribution in [2.75, 3.05) is 13.2 Å². The number of nitrogens with zero attached hydrogens (tertiary/aromatic N) is 1. The summed E-state index contributed by atoms with van der Waals surface area (Å²) in [7, 11) is 0. The van der Waals surface area contributed by atoms with Crippen LogP contribution in [0.5, 0.6) is 5.75 Å². The van der Waals surface area contributed by atoms with Crippen molar-refractivity contribution >= 4 is 32.6 Å². The molecule has 0 unspecified atom stereocenters. The normalized spacial score (nSPS) is 15.5. The quantitative estimate of drug-likeness (QED) is 0.559. The van der Waals surface area contributed by atoms with Crippen LogP contribution in [0.3, 0.4) is 0 Å². The Morgan fingerprint density at radius 1 is 1.31 bits per heavy atom. The van der Waals surface area contributed by atoms with E-state index in [1.165, 1.54) is 0 Å². The number of carbonyl (C=O) groups is 1. The van der Waals surface area contributed by atoms with Crippen molar-refractivity contribution in [3.8, 4) is 11.8 Å². The molecule has 148 valence electrons. The van der Waals surface area contributed by atoms with Crippen LogP contribution in [0.25, 0.3) is 10.9 Å². The van der Waals surface area contributed by atoms with Gasteiger partial charge >= 0.3 is 0 Å². The second-order valence-electron chi connectivity index (χ2n) is 7.65. The van der Waals surface area contributed by atoms with Crippen molar-refractivity contribution in [3.05, 3.63) is 62.8 Å². The van der Waals surface area contributed by atoms with Gasteiger partial charge in [-0.3, -0.25) is 4.79 Å². The maximum atomic E-state index is 13.3. The third kappa shape index (κ3) is 2.96. The number of nitriles is 1. The zero-order valence-electron chi connectivity index (χ0n) is 15.9. The Kier molecular flexibility index (Phi) is 4.74. The lowest BCUT2D eigenvalue weighted by molar-refractivity contribution is 0.0535. The van der Waals surface area contributed by atoms with Crippen LogP contribution >= 0.6 is 15.9 Å². The number of ketones is 1. The summed E-state index contributed by atoms with van der Waals surface area (Å²) in [5.74, 6) is 0.434. The van der Waals surface area contributed by atoms with Crippen molar-refractivity contribution in [2.45, 2.75) is 25.4 Å². The van der Waals surface area contributed by atoms with Crippen LogP contribution in [-0.2, 0) is 5.41 Å². The molecule has 1 aromatic heterocycles. The van der Waals surface area contributed by atoms with E-state index < -0.39 is 11.5 Å². The number of fused-ring (bicyclic) bond motifs is 4. The Bertz CT molecular complexity index is 1190. The van der Waals surface area contributed by atoms with Crippen LogP contribution in [0.2, 0.25) is 0 Å². The summed E-state index contributed by atoms with van der Waals surface area (Å²) >= 11 is 3.48. The van der Waals surface area contributed by atoms with Gasteiger partial charge in [0.05, 0.1) is 27.7 Å². The highest BCUT2D eigenvalue weighted by Gasteiger charge is 2.40. The second-order valence-corrected chi connectivity index (χ2v) is 8.44. The average Bonchev–Trinajstić information content (AvgIpc) is 3.12. The van der Waals surface area contributed by atoms with Gasteiger partial charge in [0, 0.05) is 22.1 Å². The van der Waals surface area contributed by atoms with Gasteiger partial charge in [0.2, 0.25) is 0 Å². The fraction of sp³-hybridized carbons (Fsp3) is 0.273. The van der Waals surface area contributed by atoms with Crippen molar-refractivity contribution in [2.24, 2.45) is 0 Å². The van der Waals surface area contributed by atoms with Crippen LogP contribution in [0.4, 0.5) is 0 Å². The van der Waals surface area contributed by atoms with E-state index in [9.17, 15) is 15.2 Å². The maximum absolute atomic E-state index is 13.3. The van der Waals surface area contributed by atoms with E-state index in [0.29, 0.717) is 26.9 Å². The molecular weight excluding hydrogens is 436 g/mol. The summed E-state index contributed by atoms with van der Waals surface area (Å²) in [6.07, 6.45) is -0.965. The molecule has 0 bridgehead atoms. The Morgan fingerprint density at radius 2 is 2.07 bits per heavy atom. The van der Waals surface area contributed by atoms with Crippen molar-refractivity contribution < 1.29 is 19.7 Å². The zero-order chi connectivity index (χ0) is 20.9. The molecule has 7 heteroatoms. The summed E-state index contributed by atoms with van der Waals surface area (Å²) in [5, 5.41) is 28.6. The maximum Gasteiger partial charge on any atom is 0.195 e. The van der Waals surface area contributed by atoms with E-state index in [0.717, 1.165) is 22.2 Å². The molecule has 0 radical (unpaired) electrons. The second kappa shape index (κ2) is 6.99. The molecule has 3 N–H and O–H groups in total. The fourth-order valence-corrected chi connectivity index (χ4v) is 4.40. The molecule has 0 aliphatic heterocycles. The molecule has 2 aromatic carbocycles. The molecule has 0 saturated heterocycles. The highest BCUT2D eigenvalue weighted by molar-refractivity contribution is 9.10. The van der Waals surface area contributed by atoms with Crippen molar-refractivity contribution in [1.82, 2.24) is 4.98 Å². The molecule has 6 nitrogen and oxygen atoms in total. The number of H-pyrrole nitrogens is 1. The lowest BCUT2D eigenvalue weighted by atomic mass is 9.71. The first kappa shape index (κ1) is 19.6. The molecule has 1 aliphatic rings. The lowest BCUT2D eigenvalue weighted by Gasteiger charge is -2.32. The zero-order valence-corrected chi connectivity index (χ0v) is 17.5. The van der Waals surface area contributed by atoms with E-state index in [-0.39, 0.29) is 19.0 Å². The fourth-order valence-electron chi connectivity index (χ4n) is 3.86. The van der Waals surface area contributed by atoms with Gasteiger partial charge < -0.3 is 19.9 Å². The minimum absolute atomic E-state index is 0.0365. The molecule has 0 amide bonds. The Labute approximate surface area is 175 Å². The third-order valence-electron chi connectivity index (χ3n) is 5.45. The molecule has 29 heavy (non-hydrogen) atoms. The number of halogens is 1. The summed E-state index contributed by atoms with van der Waals surface area (Å²) < 4.78 is 6.21. The van der Waals surface area contributed by atoms with Crippen molar-refractivity contribution in [3.63, 3.8) is 0 Å². The van der Waals surface area contributed by atoms with Gasteiger partial charge in [-0.05, 0) is 45.8 Å². The molecular formula is C22H19BrN2O4. The molecule has 4 rings (SSSR count). The standard InChI is InChI=1S/C22H19BrN2O4/c1-22(2)16-7-13(29-10-12(27)9-26)4-6-14(16)20(28)17-15-5-3-11(8-24)18(23)19(15)25-21(17)22/h3-7,12,25-27H,9-10H2,1-2H3/t12-/m1/s1. The average molecular weight is 455 g/mol. The van der Waals surface area contributed by atoms with E-state index in [2.05, 4.69) is 27.0 Å². The monoisotopic (exact) mass is 454 g/mol. The number of hydrogen-bond acceptors (Lipinski definition) is 5. The van der Waals surface area contributed by atoms with Crippen LogP contribution in [-0.4, -0.2) is 40.3 Å². The summed E-state index contributed by atoms with van der Waals surface area (Å²) in [5.41, 5.74) is 3.52. The van der Waals surface area contributed by atoms with Crippen LogP contribution in [0.1, 0.15) is 46.6 Å². The van der Waals surface area contributed by atoms with Gasteiger partial charge in [0.15, 0.2) is 5.78 Å². The van der Waals surface area contributed by atoms with Crippen LogP contribution in [0, 0.1) is 11.3 Å². The van der Waals surface area contributed by atoms with Crippen molar-refractivity contribution in [1.29, 1.82) is 5.26 Å². The number of rotatable bonds is 4. The van der Waals surface area contributed by atoms with Crippen LogP contribution < -0.4 is 4.74 Å². The molecule has 1 aliphatic carbocycles. The van der Waals surface area contributed by atoms with Gasteiger partial charge in [-0.15, -0.1) is 0 Å². The summed E-state index contributed by atoms with van der Waals surface area (Å²) in [4.78, 5) is 16.7. The molecule has 1 heterocycles. The first-order valence-corrected chi connectivity index (χ1v) is 9.94. The summed E-state index contributed by atoms with van der Waals surface area (Å²) in [6.45, 7) is 3.63. The number of aliphatic hydroxyl groups excluding tert-OH is 2. The molecule has 0 saturated carbocycles. The lowest BCUT2D eigenvalue weighted by Crippen LogP contribution is -2.30. The highest BCUT2D eigenvalue weighted by atomic mass is 79.9. The predicted octanol–water partition coefficient (Wildman–Crippen LogP) is 3.40. The highest BCUT2D eigenvalue weighted by Crippen LogP contribution is 2.45. The number of benzene rings is 2. The molecule has 3 aromatic rings. The predicted molar refractivity (Wildman–Crippen MR) is 111 cm³/mol.